The highest BCUT2D eigenvalue weighted by Gasteiger charge is 2.32. The van der Waals surface area contributed by atoms with Crippen molar-refractivity contribution < 1.29 is 13.2 Å². The number of anilines is 2. The standard InChI is InChI=1S/C15H12F3N3/c16-15(17,18)12-6-2-1-4-11(12)9-21-13-7-3-5-10(8-19)14(13)20/h1-7,21H,9,20H2. The van der Waals surface area contributed by atoms with Crippen LogP contribution in [-0.2, 0) is 12.7 Å². The Morgan fingerprint density at radius 3 is 2.48 bits per heavy atom. The maximum absolute atomic E-state index is 12.9. The van der Waals surface area contributed by atoms with E-state index in [9.17, 15) is 13.2 Å². The second-order valence-electron chi connectivity index (χ2n) is 4.39. The molecular weight excluding hydrogens is 279 g/mol. The van der Waals surface area contributed by atoms with Crippen LogP contribution in [0.5, 0.6) is 0 Å². The van der Waals surface area contributed by atoms with Gasteiger partial charge in [-0.25, -0.2) is 0 Å². The first-order valence-corrected chi connectivity index (χ1v) is 6.11. The van der Waals surface area contributed by atoms with Crippen LogP contribution in [0.3, 0.4) is 0 Å². The van der Waals surface area contributed by atoms with Crippen molar-refractivity contribution in [1.82, 2.24) is 0 Å². The Morgan fingerprint density at radius 1 is 1.10 bits per heavy atom. The topological polar surface area (TPSA) is 61.8 Å². The summed E-state index contributed by atoms with van der Waals surface area (Å²) in [6.45, 7) is -0.0330. The lowest BCUT2D eigenvalue weighted by atomic mass is 10.1. The smallest absolute Gasteiger partial charge is 0.396 e. The van der Waals surface area contributed by atoms with E-state index in [2.05, 4.69) is 5.32 Å². The van der Waals surface area contributed by atoms with Crippen molar-refractivity contribution in [3.05, 3.63) is 59.2 Å². The van der Waals surface area contributed by atoms with Crippen LogP contribution in [0.2, 0.25) is 0 Å². The molecule has 0 heterocycles. The molecule has 3 nitrogen and oxygen atoms in total. The Bertz CT molecular complexity index is 687. The Morgan fingerprint density at radius 2 is 1.81 bits per heavy atom. The molecule has 0 bridgehead atoms. The molecule has 3 N–H and O–H groups in total. The van der Waals surface area contributed by atoms with E-state index in [1.165, 1.54) is 12.1 Å². The first-order chi connectivity index (χ1) is 9.93. The molecule has 0 aliphatic carbocycles. The van der Waals surface area contributed by atoms with E-state index in [-0.39, 0.29) is 23.4 Å². The van der Waals surface area contributed by atoms with Gasteiger partial charge in [0.1, 0.15) is 6.07 Å². The highest BCUT2D eigenvalue weighted by atomic mass is 19.4. The second kappa shape index (κ2) is 5.75. The molecular formula is C15H12F3N3. The monoisotopic (exact) mass is 291 g/mol. The van der Waals surface area contributed by atoms with Gasteiger partial charge in [-0.3, -0.25) is 0 Å². The number of alkyl halides is 3. The van der Waals surface area contributed by atoms with E-state index >= 15 is 0 Å². The van der Waals surface area contributed by atoms with Gasteiger partial charge in [-0.2, -0.15) is 18.4 Å². The Balaban J connectivity index is 2.24. The van der Waals surface area contributed by atoms with Crippen molar-refractivity contribution in [2.45, 2.75) is 12.7 Å². The van der Waals surface area contributed by atoms with Gasteiger partial charge in [0.05, 0.1) is 22.5 Å². The van der Waals surface area contributed by atoms with Gasteiger partial charge in [-0.05, 0) is 23.8 Å². The van der Waals surface area contributed by atoms with Gasteiger partial charge in [0, 0.05) is 6.54 Å². The van der Waals surface area contributed by atoms with Crippen LogP contribution in [0.25, 0.3) is 0 Å². The zero-order chi connectivity index (χ0) is 15.5. The zero-order valence-corrected chi connectivity index (χ0v) is 10.9. The molecule has 21 heavy (non-hydrogen) atoms. The number of nitrogens with one attached hydrogen (secondary N) is 1. The van der Waals surface area contributed by atoms with Gasteiger partial charge in [-0.1, -0.05) is 24.3 Å². The largest absolute Gasteiger partial charge is 0.416 e. The zero-order valence-electron chi connectivity index (χ0n) is 10.9. The third kappa shape index (κ3) is 3.26. The fraction of sp³-hybridized carbons (Fsp3) is 0.133. The van der Waals surface area contributed by atoms with Crippen molar-refractivity contribution in [3.8, 4) is 6.07 Å². The minimum Gasteiger partial charge on any atom is -0.396 e. The van der Waals surface area contributed by atoms with Crippen LogP contribution in [0.15, 0.2) is 42.5 Å². The van der Waals surface area contributed by atoms with Gasteiger partial charge < -0.3 is 11.1 Å². The Kier molecular flexibility index (Phi) is 4.03. The van der Waals surface area contributed by atoms with E-state index in [4.69, 9.17) is 11.0 Å². The summed E-state index contributed by atoms with van der Waals surface area (Å²) in [5.74, 6) is 0. The maximum Gasteiger partial charge on any atom is 0.416 e. The molecule has 0 aromatic heterocycles. The summed E-state index contributed by atoms with van der Waals surface area (Å²) >= 11 is 0. The summed E-state index contributed by atoms with van der Waals surface area (Å²) < 4.78 is 38.6. The van der Waals surface area contributed by atoms with Crippen molar-refractivity contribution in [2.24, 2.45) is 0 Å². The molecule has 6 heteroatoms. The molecule has 0 saturated heterocycles. The summed E-state index contributed by atoms with van der Waals surface area (Å²) in [5, 5.41) is 11.7. The number of benzene rings is 2. The van der Waals surface area contributed by atoms with Crippen LogP contribution in [-0.4, -0.2) is 0 Å². The average Bonchev–Trinajstić information content (AvgIpc) is 2.45. The van der Waals surface area contributed by atoms with Crippen LogP contribution >= 0.6 is 0 Å². The number of nitrogens with two attached hydrogens (primary N) is 1. The third-order valence-corrected chi connectivity index (χ3v) is 3.02. The number of hydrogen-bond acceptors (Lipinski definition) is 3. The van der Waals surface area contributed by atoms with E-state index in [0.29, 0.717) is 5.69 Å². The van der Waals surface area contributed by atoms with Crippen molar-refractivity contribution in [3.63, 3.8) is 0 Å². The predicted molar refractivity (Wildman–Crippen MR) is 74.3 cm³/mol. The van der Waals surface area contributed by atoms with Gasteiger partial charge in [-0.15, -0.1) is 0 Å². The summed E-state index contributed by atoms with van der Waals surface area (Å²) in [4.78, 5) is 0. The number of halogens is 3. The normalized spacial score (nSPS) is 11.0. The van der Waals surface area contributed by atoms with Crippen LogP contribution in [0.1, 0.15) is 16.7 Å². The minimum absolute atomic E-state index is 0.0330. The lowest BCUT2D eigenvalue weighted by molar-refractivity contribution is -0.138. The molecule has 0 radical (unpaired) electrons. The molecule has 2 aromatic carbocycles. The van der Waals surface area contributed by atoms with Crippen LogP contribution < -0.4 is 11.1 Å². The third-order valence-electron chi connectivity index (χ3n) is 3.02. The number of hydrogen-bond donors (Lipinski definition) is 2. The van der Waals surface area contributed by atoms with E-state index < -0.39 is 11.7 Å². The van der Waals surface area contributed by atoms with E-state index in [1.807, 2.05) is 6.07 Å². The van der Waals surface area contributed by atoms with E-state index in [0.717, 1.165) is 6.07 Å². The Hall–Kier alpha value is -2.68. The van der Waals surface area contributed by atoms with Crippen molar-refractivity contribution in [1.29, 1.82) is 5.26 Å². The van der Waals surface area contributed by atoms with Gasteiger partial charge in [0.15, 0.2) is 0 Å². The average molecular weight is 291 g/mol. The fourth-order valence-electron chi connectivity index (χ4n) is 1.96. The minimum atomic E-state index is -4.40. The van der Waals surface area contributed by atoms with Crippen LogP contribution in [0, 0.1) is 11.3 Å². The van der Waals surface area contributed by atoms with Gasteiger partial charge >= 0.3 is 6.18 Å². The number of rotatable bonds is 3. The number of nitriles is 1. The van der Waals surface area contributed by atoms with Crippen LogP contribution in [0.4, 0.5) is 24.5 Å². The second-order valence-corrected chi connectivity index (χ2v) is 4.39. The summed E-state index contributed by atoms with van der Waals surface area (Å²) in [5.41, 5.74) is 6.15. The van der Waals surface area contributed by atoms with Crippen molar-refractivity contribution in [2.75, 3.05) is 11.1 Å². The highest BCUT2D eigenvalue weighted by molar-refractivity contribution is 5.72. The number of para-hydroxylation sites is 1. The first kappa shape index (κ1) is 14.7. The fourth-order valence-corrected chi connectivity index (χ4v) is 1.96. The molecule has 0 aliphatic heterocycles. The molecule has 0 spiro atoms. The molecule has 2 aromatic rings. The summed E-state index contributed by atoms with van der Waals surface area (Å²) in [6, 6.07) is 12.0. The number of nitrogen functional groups attached to an aromatic ring is 1. The number of nitrogens with zero attached hydrogens (tertiary/aromatic N) is 1. The highest BCUT2D eigenvalue weighted by Crippen LogP contribution is 2.32. The molecule has 0 atom stereocenters. The Labute approximate surface area is 119 Å². The van der Waals surface area contributed by atoms with Gasteiger partial charge in [0.2, 0.25) is 0 Å². The molecule has 0 saturated carbocycles. The van der Waals surface area contributed by atoms with Gasteiger partial charge in [0.25, 0.3) is 0 Å². The lowest BCUT2D eigenvalue weighted by Gasteiger charge is -2.15. The lowest BCUT2D eigenvalue weighted by Crippen LogP contribution is -2.12. The quantitative estimate of drug-likeness (QED) is 0.846. The molecule has 0 amide bonds. The molecule has 0 unspecified atom stereocenters. The molecule has 2 rings (SSSR count). The molecule has 108 valence electrons. The van der Waals surface area contributed by atoms with E-state index in [1.54, 1.807) is 24.3 Å². The first-order valence-electron chi connectivity index (χ1n) is 6.11. The summed E-state index contributed by atoms with van der Waals surface area (Å²) in [6.07, 6.45) is -4.40. The maximum atomic E-state index is 12.9. The SMILES string of the molecule is N#Cc1cccc(NCc2ccccc2C(F)(F)F)c1N. The molecule has 0 fully saturated rings. The molecule has 0 aliphatic rings. The summed E-state index contributed by atoms with van der Waals surface area (Å²) in [7, 11) is 0. The predicted octanol–water partition coefficient (Wildman–Crippen LogP) is 3.77. The van der Waals surface area contributed by atoms with Crippen molar-refractivity contribution >= 4 is 11.4 Å².